The predicted molar refractivity (Wildman–Crippen MR) is 125 cm³/mol. The maximum Gasteiger partial charge on any atom is 0.254 e. The summed E-state index contributed by atoms with van der Waals surface area (Å²) in [6.45, 7) is 1.46. The highest BCUT2D eigenvalue weighted by atomic mass is 16.5. The molecule has 33 heavy (non-hydrogen) atoms. The maximum absolute atomic E-state index is 13.0. The Kier molecular flexibility index (Phi) is 7.04. The van der Waals surface area contributed by atoms with E-state index in [0.717, 1.165) is 28.3 Å². The Bertz CT molecular complexity index is 1100. The van der Waals surface area contributed by atoms with E-state index in [1.54, 1.807) is 44.5 Å². The summed E-state index contributed by atoms with van der Waals surface area (Å²) in [6, 6.07) is 13.2. The Hall–Kier alpha value is -3.65. The van der Waals surface area contributed by atoms with Gasteiger partial charge in [0, 0.05) is 43.5 Å². The lowest BCUT2D eigenvalue weighted by atomic mass is 10.0. The molecule has 3 heterocycles. The van der Waals surface area contributed by atoms with Gasteiger partial charge in [0.2, 0.25) is 0 Å². The van der Waals surface area contributed by atoms with Crippen LogP contribution in [0, 0.1) is 0 Å². The maximum atomic E-state index is 13.0. The lowest BCUT2D eigenvalue weighted by Gasteiger charge is -2.32. The van der Waals surface area contributed by atoms with Crippen molar-refractivity contribution in [2.45, 2.75) is 12.5 Å². The van der Waals surface area contributed by atoms with Gasteiger partial charge in [0.05, 0.1) is 33.1 Å². The molecule has 1 atom stereocenters. The van der Waals surface area contributed by atoms with Gasteiger partial charge in [0.25, 0.3) is 5.91 Å². The minimum atomic E-state index is -0.270. The van der Waals surface area contributed by atoms with E-state index in [-0.39, 0.29) is 12.0 Å². The summed E-state index contributed by atoms with van der Waals surface area (Å²) in [6.07, 6.45) is 3.88. The molecule has 0 radical (unpaired) electrons. The molecular weight excluding hydrogens is 420 g/mol. The number of benzene rings is 1. The fourth-order valence-electron chi connectivity index (χ4n) is 3.87. The summed E-state index contributed by atoms with van der Waals surface area (Å²) in [5, 5.41) is 2.96. The number of nitrogens with one attached hydrogen (secondary N) is 1. The third-order valence-electron chi connectivity index (χ3n) is 5.68. The summed E-state index contributed by atoms with van der Waals surface area (Å²) >= 11 is 0. The molecule has 1 aliphatic rings. The molecule has 2 aromatic heterocycles. The first kappa shape index (κ1) is 22.5. The Morgan fingerprint density at radius 3 is 2.76 bits per heavy atom. The molecule has 1 unspecified atom stereocenters. The number of pyridine rings is 2. The molecule has 8 heteroatoms. The molecule has 0 saturated carbocycles. The first-order valence-electron chi connectivity index (χ1n) is 10.8. The molecule has 1 saturated heterocycles. The van der Waals surface area contributed by atoms with E-state index in [0.29, 0.717) is 37.5 Å². The first-order chi connectivity index (χ1) is 16.1. The lowest BCUT2D eigenvalue weighted by Crippen LogP contribution is -2.42. The third kappa shape index (κ3) is 5.23. The number of nitrogens with zero attached hydrogens (tertiary/aromatic N) is 3. The monoisotopic (exact) mass is 448 g/mol. The van der Waals surface area contributed by atoms with Gasteiger partial charge in [-0.05, 0) is 42.0 Å². The number of aromatic nitrogens is 2. The summed E-state index contributed by atoms with van der Waals surface area (Å²) in [4.78, 5) is 23.6. The van der Waals surface area contributed by atoms with Crippen LogP contribution >= 0.6 is 0 Å². The molecule has 1 aromatic carbocycles. The van der Waals surface area contributed by atoms with Crippen LogP contribution in [0.3, 0.4) is 0 Å². The van der Waals surface area contributed by atoms with Gasteiger partial charge < -0.3 is 24.4 Å². The van der Waals surface area contributed by atoms with E-state index in [1.165, 1.54) is 0 Å². The van der Waals surface area contributed by atoms with Crippen molar-refractivity contribution < 1.29 is 19.0 Å². The van der Waals surface area contributed by atoms with Crippen LogP contribution in [0.4, 0.5) is 5.82 Å². The van der Waals surface area contributed by atoms with E-state index >= 15 is 0 Å². The summed E-state index contributed by atoms with van der Waals surface area (Å²) in [7, 11) is 5.08. The van der Waals surface area contributed by atoms with E-state index < -0.39 is 0 Å². The molecule has 8 nitrogen and oxygen atoms in total. The van der Waals surface area contributed by atoms with Gasteiger partial charge in [-0.1, -0.05) is 6.07 Å². The zero-order valence-corrected chi connectivity index (χ0v) is 19.1. The summed E-state index contributed by atoms with van der Waals surface area (Å²) in [5.74, 6) is 2.22. The average molecular weight is 449 g/mol. The highest BCUT2D eigenvalue weighted by molar-refractivity contribution is 5.94. The van der Waals surface area contributed by atoms with Crippen LogP contribution in [0.1, 0.15) is 33.3 Å². The van der Waals surface area contributed by atoms with Crippen LogP contribution in [0.2, 0.25) is 0 Å². The minimum Gasteiger partial charge on any atom is -0.497 e. The molecule has 3 aromatic rings. The molecule has 1 amide bonds. The van der Waals surface area contributed by atoms with Crippen molar-refractivity contribution >= 4 is 11.7 Å². The number of methoxy groups -OCH3 is 2. The number of carbonyl (C=O) groups excluding carboxylic acids is 1. The number of morpholine rings is 1. The normalized spacial score (nSPS) is 15.7. The van der Waals surface area contributed by atoms with E-state index in [2.05, 4.69) is 15.3 Å². The molecule has 172 valence electrons. The molecule has 1 aliphatic heterocycles. The average Bonchev–Trinajstić information content (AvgIpc) is 2.88. The molecule has 0 aliphatic carbocycles. The first-order valence-corrected chi connectivity index (χ1v) is 10.8. The standard InChI is InChI=1S/C25H28N4O4/c1-26-24-14-18(8-9-27-24)25(30)29-10-11-33-23(16-29)21-6-4-17(15-28-21)12-19-13-20(31-2)5-7-22(19)32-3/h4-9,13-15,23H,10-12,16H2,1-3H3,(H,26,27). The highest BCUT2D eigenvalue weighted by Gasteiger charge is 2.27. The van der Waals surface area contributed by atoms with Crippen LogP contribution in [0.5, 0.6) is 11.5 Å². The topological polar surface area (TPSA) is 85.8 Å². The van der Waals surface area contributed by atoms with Crippen LogP contribution in [-0.2, 0) is 11.2 Å². The molecule has 0 spiro atoms. The number of ether oxygens (including phenoxy) is 3. The summed E-state index contributed by atoms with van der Waals surface area (Å²) in [5.41, 5.74) is 3.48. The SMILES string of the molecule is CNc1cc(C(=O)N2CCOC(c3ccc(Cc4cc(OC)ccc4OC)cn3)C2)ccn1. The number of amides is 1. The molecule has 4 rings (SSSR count). The van der Waals surface area contributed by atoms with Crippen LogP contribution in [0.15, 0.2) is 54.9 Å². The molecule has 0 bridgehead atoms. The van der Waals surface area contributed by atoms with Gasteiger partial charge in [-0.15, -0.1) is 0 Å². The van der Waals surface area contributed by atoms with Crippen molar-refractivity contribution in [2.24, 2.45) is 0 Å². The van der Waals surface area contributed by atoms with Gasteiger partial charge >= 0.3 is 0 Å². The number of carbonyl (C=O) groups is 1. The Morgan fingerprint density at radius 2 is 2.03 bits per heavy atom. The van der Waals surface area contributed by atoms with Crippen molar-refractivity contribution in [1.82, 2.24) is 14.9 Å². The van der Waals surface area contributed by atoms with Crippen LogP contribution in [0.25, 0.3) is 0 Å². The summed E-state index contributed by atoms with van der Waals surface area (Å²) < 4.78 is 16.8. The lowest BCUT2D eigenvalue weighted by molar-refractivity contribution is -0.0247. The largest absolute Gasteiger partial charge is 0.497 e. The fourth-order valence-corrected chi connectivity index (χ4v) is 3.87. The van der Waals surface area contributed by atoms with Crippen LogP contribution in [-0.4, -0.2) is 61.7 Å². The number of rotatable bonds is 7. The molecule has 1 fully saturated rings. The van der Waals surface area contributed by atoms with Crippen molar-refractivity contribution in [3.05, 3.63) is 77.2 Å². The van der Waals surface area contributed by atoms with E-state index in [9.17, 15) is 4.79 Å². The van der Waals surface area contributed by atoms with Gasteiger partial charge in [0.1, 0.15) is 23.4 Å². The second-order valence-electron chi connectivity index (χ2n) is 7.74. The minimum absolute atomic E-state index is 0.0380. The van der Waals surface area contributed by atoms with Gasteiger partial charge in [0.15, 0.2) is 0 Å². The van der Waals surface area contributed by atoms with E-state index in [1.807, 2.05) is 36.5 Å². The van der Waals surface area contributed by atoms with Crippen molar-refractivity contribution in [3.8, 4) is 11.5 Å². The Balaban J connectivity index is 1.45. The Labute approximate surface area is 193 Å². The van der Waals surface area contributed by atoms with E-state index in [4.69, 9.17) is 14.2 Å². The van der Waals surface area contributed by atoms with Crippen molar-refractivity contribution in [3.63, 3.8) is 0 Å². The highest BCUT2D eigenvalue weighted by Crippen LogP contribution is 2.27. The van der Waals surface area contributed by atoms with Gasteiger partial charge in [-0.2, -0.15) is 0 Å². The third-order valence-corrected chi connectivity index (χ3v) is 5.68. The second-order valence-corrected chi connectivity index (χ2v) is 7.74. The molecule has 1 N–H and O–H groups in total. The Morgan fingerprint density at radius 1 is 1.15 bits per heavy atom. The molecular formula is C25H28N4O4. The quantitative estimate of drug-likeness (QED) is 0.593. The zero-order valence-electron chi connectivity index (χ0n) is 19.1. The van der Waals surface area contributed by atoms with Gasteiger partial charge in [-0.25, -0.2) is 4.98 Å². The number of hydrogen-bond donors (Lipinski definition) is 1. The number of hydrogen-bond acceptors (Lipinski definition) is 7. The zero-order chi connectivity index (χ0) is 23.2. The number of anilines is 1. The van der Waals surface area contributed by atoms with Gasteiger partial charge in [-0.3, -0.25) is 9.78 Å². The second kappa shape index (κ2) is 10.3. The van der Waals surface area contributed by atoms with Crippen molar-refractivity contribution in [2.75, 3.05) is 46.3 Å². The van der Waals surface area contributed by atoms with Crippen LogP contribution < -0.4 is 14.8 Å². The van der Waals surface area contributed by atoms with Crippen molar-refractivity contribution in [1.29, 1.82) is 0 Å². The smallest absolute Gasteiger partial charge is 0.254 e. The fraction of sp³-hybridized carbons (Fsp3) is 0.320. The predicted octanol–water partition coefficient (Wildman–Crippen LogP) is 3.34.